The molecule has 0 fully saturated rings. The van der Waals surface area contributed by atoms with Crippen LogP contribution in [0.15, 0.2) is 36.1 Å². The molecule has 0 saturated heterocycles. The normalized spacial score (nSPS) is 9.20. The van der Waals surface area contributed by atoms with E-state index in [0.717, 1.165) is 18.1 Å². The van der Waals surface area contributed by atoms with E-state index in [1.807, 2.05) is 17.5 Å². The maximum Gasteiger partial charge on any atom is 0.147 e. The lowest BCUT2D eigenvalue weighted by Crippen LogP contribution is -2.47. The second-order valence-corrected chi connectivity index (χ2v) is 3.76. The molecule has 0 aliphatic heterocycles. The molecule has 6 N–H and O–H groups in total. The monoisotopic (exact) mass is 224 g/mol. The molecule has 0 radical (unpaired) electrons. The molecule has 2 aromatic heterocycles. The largest absolute Gasteiger partial charge is 0.354 e. The van der Waals surface area contributed by atoms with Crippen molar-refractivity contribution in [1.29, 1.82) is 0 Å². The quantitative estimate of drug-likeness (QED) is 0.735. The summed E-state index contributed by atoms with van der Waals surface area (Å²) in [6, 6.07) is 3.93. The van der Waals surface area contributed by atoms with Crippen LogP contribution in [0.2, 0.25) is 0 Å². The van der Waals surface area contributed by atoms with Crippen LogP contribution >= 0.6 is 11.3 Å². The highest BCUT2D eigenvalue weighted by molar-refractivity contribution is 7.09. The van der Waals surface area contributed by atoms with Gasteiger partial charge in [0.05, 0.1) is 6.54 Å². The van der Waals surface area contributed by atoms with Gasteiger partial charge in [-0.1, -0.05) is 0 Å². The van der Waals surface area contributed by atoms with Gasteiger partial charge in [-0.05, 0) is 12.1 Å². The number of quaternary nitrogens is 2. The SMILES string of the molecule is [NH3+]Cc1ccncc1.[NH3+]Cc1nccs1. The Balaban J connectivity index is 0.000000151. The second-order valence-electron chi connectivity index (χ2n) is 2.78. The summed E-state index contributed by atoms with van der Waals surface area (Å²) < 4.78 is 0. The fraction of sp³-hybridized carbons (Fsp3) is 0.200. The van der Waals surface area contributed by atoms with Crippen LogP contribution in [0.1, 0.15) is 10.6 Å². The topological polar surface area (TPSA) is 81.1 Å². The Kier molecular flexibility index (Phi) is 5.54. The van der Waals surface area contributed by atoms with Gasteiger partial charge < -0.3 is 11.5 Å². The number of rotatable bonds is 2. The Morgan fingerprint density at radius 2 is 1.80 bits per heavy atom. The van der Waals surface area contributed by atoms with Gasteiger partial charge in [0, 0.05) is 29.5 Å². The molecule has 0 aromatic carbocycles. The number of hydrogen-bond acceptors (Lipinski definition) is 3. The maximum absolute atomic E-state index is 3.99. The summed E-state index contributed by atoms with van der Waals surface area (Å²) in [6.07, 6.45) is 5.35. The molecular formula is C10H16N4S+2. The van der Waals surface area contributed by atoms with Crippen molar-refractivity contribution in [3.05, 3.63) is 46.7 Å². The van der Waals surface area contributed by atoms with Crippen LogP contribution in [0.5, 0.6) is 0 Å². The van der Waals surface area contributed by atoms with E-state index in [-0.39, 0.29) is 0 Å². The van der Waals surface area contributed by atoms with Crippen molar-refractivity contribution in [2.75, 3.05) is 0 Å². The summed E-state index contributed by atoms with van der Waals surface area (Å²) in [7, 11) is 0. The second kappa shape index (κ2) is 7.05. The van der Waals surface area contributed by atoms with Crippen molar-refractivity contribution < 1.29 is 11.5 Å². The molecule has 15 heavy (non-hydrogen) atoms. The third kappa shape index (κ3) is 4.64. The Bertz CT molecular complexity index is 347. The average molecular weight is 224 g/mol. The van der Waals surface area contributed by atoms with E-state index in [4.69, 9.17) is 0 Å². The number of aromatic nitrogens is 2. The van der Waals surface area contributed by atoms with Gasteiger partial charge in [-0.3, -0.25) is 4.98 Å². The molecular weight excluding hydrogens is 208 g/mol. The van der Waals surface area contributed by atoms with Crippen LogP contribution in [0.4, 0.5) is 0 Å². The summed E-state index contributed by atoms with van der Waals surface area (Å²) >= 11 is 1.65. The molecule has 0 amide bonds. The Morgan fingerprint density at radius 3 is 2.13 bits per heavy atom. The molecule has 0 aliphatic rings. The number of nitrogens with zero attached hydrogens (tertiary/aromatic N) is 2. The van der Waals surface area contributed by atoms with Crippen LogP contribution in [0.25, 0.3) is 0 Å². The maximum atomic E-state index is 3.99. The van der Waals surface area contributed by atoms with Crippen molar-refractivity contribution in [2.45, 2.75) is 13.1 Å². The van der Waals surface area contributed by atoms with E-state index in [2.05, 4.69) is 21.4 Å². The van der Waals surface area contributed by atoms with Crippen molar-refractivity contribution in [1.82, 2.24) is 9.97 Å². The van der Waals surface area contributed by atoms with Gasteiger partial charge in [-0.15, -0.1) is 11.3 Å². The summed E-state index contributed by atoms with van der Waals surface area (Å²) in [5.74, 6) is 0. The van der Waals surface area contributed by atoms with Crippen LogP contribution in [-0.4, -0.2) is 9.97 Å². The molecule has 0 saturated carbocycles. The summed E-state index contributed by atoms with van der Waals surface area (Å²) in [5.41, 5.74) is 8.64. The fourth-order valence-corrected chi connectivity index (χ4v) is 1.44. The average Bonchev–Trinajstić information content (AvgIpc) is 2.84. The molecule has 2 rings (SSSR count). The molecule has 4 nitrogen and oxygen atoms in total. The first-order valence-corrected chi connectivity index (χ1v) is 5.60. The van der Waals surface area contributed by atoms with Gasteiger partial charge in [0.15, 0.2) is 0 Å². The van der Waals surface area contributed by atoms with E-state index in [0.29, 0.717) is 0 Å². The van der Waals surface area contributed by atoms with Gasteiger partial charge in [0.25, 0.3) is 0 Å². The third-order valence-corrected chi connectivity index (χ3v) is 2.57. The van der Waals surface area contributed by atoms with Crippen LogP contribution < -0.4 is 11.5 Å². The highest BCUT2D eigenvalue weighted by atomic mass is 32.1. The zero-order valence-electron chi connectivity index (χ0n) is 8.60. The molecule has 0 unspecified atom stereocenters. The standard InChI is InChI=1S/C6H8N2.C4H6N2S/c7-5-6-1-3-8-4-2-6;5-3-4-6-1-2-7-4/h1-4H,5,7H2;1-2H,3,5H2/p+2. The lowest BCUT2D eigenvalue weighted by Gasteiger charge is -1.87. The molecule has 5 heteroatoms. The molecule has 0 aliphatic carbocycles. The van der Waals surface area contributed by atoms with E-state index >= 15 is 0 Å². The first kappa shape index (κ1) is 11.8. The number of thiazole rings is 1. The zero-order chi connectivity index (χ0) is 10.9. The summed E-state index contributed by atoms with van der Waals surface area (Å²) in [4.78, 5) is 7.86. The van der Waals surface area contributed by atoms with Gasteiger partial charge in [0.1, 0.15) is 11.6 Å². The third-order valence-electron chi connectivity index (χ3n) is 1.74. The van der Waals surface area contributed by atoms with Gasteiger partial charge in [-0.25, -0.2) is 4.98 Å². The highest BCUT2D eigenvalue weighted by Gasteiger charge is 1.87. The Hall–Kier alpha value is -1.30. The Morgan fingerprint density at radius 1 is 1.07 bits per heavy atom. The lowest BCUT2D eigenvalue weighted by molar-refractivity contribution is -0.386. The Labute approximate surface area is 93.0 Å². The molecule has 0 spiro atoms. The predicted molar refractivity (Wildman–Crippen MR) is 59.5 cm³/mol. The predicted octanol–water partition coefficient (Wildman–Crippen LogP) is -0.292. The number of pyridine rings is 1. The van der Waals surface area contributed by atoms with Gasteiger partial charge >= 0.3 is 0 Å². The van der Waals surface area contributed by atoms with Crippen molar-refractivity contribution >= 4 is 11.3 Å². The van der Waals surface area contributed by atoms with E-state index in [1.54, 1.807) is 29.9 Å². The minimum atomic E-state index is 0.817. The smallest absolute Gasteiger partial charge is 0.147 e. The van der Waals surface area contributed by atoms with Crippen molar-refractivity contribution in [3.8, 4) is 0 Å². The van der Waals surface area contributed by atoms with Crippen LogP contribution in [-0.2, 0) is 13.1 Å². The highest BCUT2D eigenvalue weighted by Crippen LogP contribution is 1.99. The van der Waals surface area contributed by atoms with E-state index in [9.17, 15) is 0 Å². The molecule has 2 aromatic rings. The lowest BCUT2D eigenvalue weighted by atomic mass is 10.3. The number of hydrogen-bond donors (Lipinski definition) is 2. The summed E-state index contributed by atoms with van der Waals surface area (Å²) in [5, 5.41) is 3.07. The fourth-order valence-electron chi connectivity index (χ4n) is 0.926. The minimum Gasteiger partial charge on any atom is -0.354 e. The van der Waals surface area contributed by atoms with Crippen molar-refractivity contribution in [3.63, 3.8) is 0 Å². The zero-order valence-corrected chi connectivity index (χ0v) is 9.41. The van der Waals surface area contributed by atoms with Crippen LogP contribution in [0.3, 0.4) is 0 Å². The molecule has 80 valence electrons. The van der Waals surface area contributed by atoms with Gasteiger partial charge in [-0.2, -0.15) is 0 Å². The molecule has 0 bridgehead atoms. The molecule has 0 atom stereocenters. The first-order valence-electron chi connectivity index (χ1n) is 4.72. The van der Waals surface area contributed by atoms with Crippen LogP contribution in [0, 0.1) is 0 Å². The first-order chi connectivity index (χ1) is 7.36. The van der Waals surface area contributed by atoms with E-state index < -0.39 is 0 Å². The molecule has 2 heterocycles. The minimum absolute atomic E-state index is 0.817. The van der Waals surface area contributed by atoms with Gasteiger partial charge in [0.2, 0.25) is 0 Å². The van der Waals surface area contributed by atoms with Crippen molar-refractivity contribution in [2.24, 2.45) is 0 Å². The summed E-state index contributed by atoms with van der Waals surface area (Å²) in [6.45, 7) is 1.67. The van der Waals surface area contributed by atoms with E-state index in [1.165, 1.54) is 5.56 Å².